The lowest BCUT2D eigenvalue weighted by Gasteiger charge is -2.16. The normalized spacial score (nSPS) is 12.9. The van der Waals surface area contributed by atoms with Crippen LogP contribution in [0.2, 0.25) is 0 Å². The highest BCUT2D eigenvalue weighted by molar-refractivity contribution is 5.29. The van der Waals surface area contributed by atoms with Crippen molar-refractivity contribution in [2.75, 3.05) is 7.05 Å². The molecule has 0 saturated carbocycles. The van der Waals surface area contributed by atoms with Gasteiger partial charge in [-0.25, -0.2) is 4.98 Å². The van der Waals surface area contributed by atoms with Crippen molar-refractivity contribution in [3.05, 3.63) is 47.5 Å². The molecule has 1 atom stereocenters. The van der Waals surface area contributed by atoms with Crippen LogP contribution in [0.4, 0.5) is 0 Å². The van der Waals surface area contributed by atoms with Gasteiger partial charge in [-0.1, -0.05) is 38.1 Å². The molecule has 0 radical (unpaired) electrons. The summed E-state index contributed by atoms with van der Waals surface area (Å²) in [6.45, 7) is 4.40. The first-order chi connectivity index (χ1) is 8.63. The third kappa shape index (κ3) is 2.43. The van der Waals surface area contributed by atoms with E-state index < -0.39 is 0 Å². The van der Waals surface area contributed by atoms with E-state index in [2.05, 4.69) is 53.5 Å². The van der Waals surface area contributed by atoms with Gasteiger partial charge >= 0.3 is 0 Å². The molecule has 0 saturated heterocycles. The van der Waals surface area contributed by atoms with Crippen LogP contribution in [0.25, 0.3) is 0 Å². The van der Waals surface area contributed by atoms with E-state index in [1.807, 2.05) is 14.1 Å². The summed E-state index contributed by atoms with van der Waals surface area (Å²) in [6.07, 6.45) is 1.59. The van der Waals surface area contributed by atoms with Crippen molar-refractivity contribution in [2.45, 2.75) is 25.8 Å². The van der Waals surface area contributed by atoms with Crippen LogP contribution in [0.3, 0.4) is 0 Å². The van der Waals surface area contributed by atoms with Gasteiger partial charge in [0, 0.05) is 7.05 Å². The Morgan fingerprint density at radius 1 is 1.11 bits per heavy atom. The summed E-state index contributed by atoms with van der Waals surface area (Å²) in [6, 6.07) is 8.76. The second-order valence-corrected chi connectivity index (χ2v) is 4.78. The molecule has 1 heterocycles. The third-order valence-corrected chi connectivity index (χ3v) is 3.23. The topological polar surface area (TPSA) is 42.7 Å². The fourth-order valence-corrected chi connectivity index (χ4v) is 2.08. The van der Waals surface area contributed by atoms with Crippen LogP contribution in [-0.2, 0) is 7.05 Å². The summed E-state index contributed by atoms with van der Waals surface area (Å²) in [5, 5.41) is 7.41. The van der Waals surface area contributed by atoms with Gasteiger partial charge in [0.05, 0.1) is 6.04 Å². The molecule has 4 heteroatoms. The molecule has 0 aliphatic heterocycles. The molecule has 0 bridgehead atoms. The molecular formula is C14H20N4. The molecule has 1 unspecified atom stereocenters. The molecule has 96 valence electrons. The maximum atomic E-state index is 4.31. The standard InChI is InChI=1S/C14H20N4/c1-10(2)11-5-7-12(8-6-11)13(15-3)14-16-9-17-18(14)4/h5-10,13,15H,1-4H3. The van der Waals surface area contributed by atoms with E-state index in [9.17, 15) is 0 Å². The minimum absolute atomic E-state index is 0.0821. The van der Waals surface area contributed by atoms with E-state index in [1.165, 1.54) is 11.1 Å². The maximum absolute atomic E-state index is 4.31. The first-order valence-electron chi connectivity index (χ1n) is 6.24. The van der Waals surface area contributed by atoms with Crippen molar-refractivity contribution in [2.24, 2.45) is 7.05 Å². The van der Waals surface area contributed by atoms with E-state index in [-0.39, 0.29) is 6.04 Å². The first-order valence-corrected chi connectivity index (χ1v) is 6.24. The molecule has 4 nitrogen and oxygen atoms in total. The summed E-state index contributed by atoms with van der Waals surface area (Å²) in [4.78, 5) is 4.31. The number of hydrogen-bond donors (Lipinski definition) is 1. The van der Waals surface area contributed by atoms with E-state index in [4.69, 9.17) is 0 Å². The highest BCUT2D eigenvalue weighted by Gasteiger charge is 2.16. The summed E-state index contributed by atoms with van der Waals surface area (Å²) >= 11 is 0. The Labute approximate surface area is 108 Å². The van der Waals surface area contributed by atoms with Gasteiger partial charge in [0.1, 0.15) is 12.2 Å². The number of benzene rings is 1. The zero-order valence-electron chi connectivity index (χ0n) is 11.4. The van der Waals surface area contributed by atoms with E-state index >= 15 is 0 Å². The highest BCUT2D eigenvalue weighted by atomic mass is 15.3. The average Bonchev–Trinajstić information content (AvgIpc) is 2.78. The molecule has 2 rings (SSSR count). The Kier molecular flexibility index (Phi) is 3.77. The summed E-state index contributed by atoms with van der Waals surface area (Å²) in [5.74, 6) is 1.48. The third-order valence-electron chi connectivity index (χ3n) is 3.23. The number of nitrogens with one attached hydrogen (secondary N) is 1. The lowest BCUT2D eigenvalue weighted by molar-refractivity contribution is 0.591. The van der Waals surface area contributed by atoms with Crippen molar-refractivity contribution in [3.63, 3.8) is 0 Å². The molecule has 2 aromatic rings. The fraction of sp³-hybridized carbons (Fsp3) is 0.429. The molecule has 1 aromatic heterocycles. The van der Waals surface area contributed by atoms with Crippen LogP contribution >= 0.6 is 0 Å². The fourth-order valence-electron chi connectivity index (χ4n) is 2.08. The summed E-state index contributed by atoms with van der Waals surface area (Å²) in [7, 11) is 3.85. The molecular weight excluding hydrogens is 224 g/mol. The molecule has 1 aromatic carbocycles. The Morgan fingerprint density at radius 2 is 1.72 bits per heavy atom. The number of rotatable bonds is 4. The van der Waals surface area contributed by atoms with E-state index in [0.29, 0.717) is 5.92 Å². The second kappa shape index (κ2) is 5.31. The molecule has 18 heavy (non-hydrogen) atoms. The molecule has 1 N–H and O–H groups in total. The van der Waals surface area contributed by atoms with Gasteiger partial charge in [-0.2, -0.15) is 5.10 Å². The largest absolute Gasteiger partial charge is 0.307 e. The molecule has 0 amide bonds. The lowest BCUT2D eigenvalue weighted by Crippen LogP contribution is -2.21. The van der Waals surface area contributed by atoms with Crippen molar-refractivity contribution in [3.8, 4) is 0 Å². The molecule has 0 fully saturated rings. The van der Waals surface area contributed by atoms with Crippen molar-refractivity contribution in [1.82, 2.24) is 20.1 Å². The first kappa shape index (κ1) is 12.8. The van der Waals surface area contributed by atoms with Crippen LogP contribution in [0, 0.1) is 0 Å². The van der Waals surface area contributed by atoms with Crippen LogP contribution in [0.15, 0.2) is 30.6 Å². The van der Waals surface area contributed by atoms with Gasteiger partial charge < -0.3 is 5.32 Å². The second-order valence-electron chi connectivity index (χ2n) is 4.78. The number of hydrogen-bond acceptors (Lipinski definition) is 3. The van der Waals surface area contributed by atoms with Gasteiger partial charge in [-0.15, -0.1) is 0 Å². The SMILES string of the molecule is CNC(c1ccc(C(C)C)cc1)c1ncnn1C. The monoisotopic (exact) mass is 244 g/mol. The predicted molar refractivity (Wildman–Crippen MR) is 72.4 cm³/mol. The average molecular weight is 244 g/mol. The van der Waals surface area contributed by atoms with E-state index in [1.54, 1.807) is 11.0 Å². The molecule has 0 spiro atoms. The zero-order chi connectivity index (χ0) is 13.1. The minimum Gasteiger partial charge on any atom is -0.307 e. The van der Waals surface area contributed by atoms with Crippen molar-refractivity contribution in [1.29, 1.82) is 0 Å². The maximum Gasteiger partial charge on any atom is 0.148 e. The van der Waals surface area contributed by atoms with Gasteiger partial charge in [-0.3, -0.25) is 4.68 Å². The quantitative estimate of drug-likeness (QED) is 0.897. The van der Waals surface area contributed by atoms with E-state index in [0.717, 1.165) is 5.82 Å². The Morgan fingerprint density at radius 3 is 2.17 bits per heavy atom. The number of aromatic nitrogens is 3. The zero-order valence-corrected chi connectivity index (χ0v) is 11.4. The van der Waals surface area contributed by atoms with Gasteiger partial charge in [0.15, 0.2) is 0 Å². The van der Waals surface area contributed by atoms with Gasteiger partial charge in [0.2, 0.25) is 0 Å². The Bertz CT molecular complexity index is 499. The Hall–Kier alpha value is -1.68. The van der Waals surface area contributed by atoms with Crippen LogP contribution in [0.1, 0.15) is 42.8 Å². The summed E-state index contributed by atoms with van der Waals surface area (Å²) < 4.78 is 1.80. The van der Waals surface area contributed by atoms with Crippen LogP contribution < -0.4 is 5.32 Å². The summed E-state index contributed by atoms with van der Waals surface area (Å²) in [5.41, 5.74) is 2.56. The number of nitrogens with zero attached hydrogens (tertiary/aromatic N) is 3. The minimum atomic E-state index is 0.0821. The highest BCUT2D eigenvalue weighted by Crippen LogP contribution is 2.22. The van der Waals surface area contributed by atoms with Crippen molar-refractivity contribution >= 4 is 0 Å². The van der Waals surface area contributed by atoms with Crippen LogP contribution in [0.5, 0.6) is 0 Å². The molecule has 0 aliphatic rings. The van der Waals surface area contributed by atoms with Crippen molar-refractivity contribution < 1.29 is 0 Å². The lowest BCUT2D eigenvalue weighted by atomic mass is 9.99. The Balaban J connectivity index is 2.31. The van der Waals surface area contributed by atoms with Gasteiger partial charge in [-0.05, 0) is 24.1 Å². The van der Waals surface area contributed by atoms with Gasteiger partial charge in [0.25, 0.3) is 0 Å². The molecule has 0 aliphatic carbocycles. The van der Waals surface area contributed by atoms with Crippen LogP contribution in [-0.4, -0.2) is 21.8 Å². The number of aryl methyl sites for hydroxylation is 1. The predicted octanol–water partition coefficient (Wildman–Crippen LogP) is 2.25. The smallest absolute Gasteiger partial charge is 0.148 e.